The van der Waals surface area contributed by atoms with Crippen LogP contribution < -0.4 is 5.32 Å². The summed E-state index contributed by atoms with van der Waals surface area (Å²) in [6.45, 7) is 0.530. The number of aromatic amines is 1. The van der Waals surface area contributed by atoms with Crippen molar-refractivity contribution < 1.29 is 14.0 Å². The van der Waals surface area contributed by atoms with Crippen molar-refractivity contribution in [2.45, 2.75) is 57.2 Å². The Morgan fingerprint density at radius 3 is 2.41 bits per heavy atom. The van der Waals surface area contributed by atoms with Gasteiger partial charge in [-0.1, -0.05) is 42.5 Å². The number of fused-ring (bicyclic) bond motifs is 1. The number of rotatable bonds is 9. The molecule has 188 valence electrons. The third-order valence-corrected chi connectivity index (χ3v) is 7.31. The van der Waals surface area contributed by atoms with Gasteiger partial charge in [-0.25, -0.2) is 4.39 Å². The average Bonchev–Trinajstić information content (AvgIpc) is 3.85. The van der Waals surface area contributed by atoms with Crippen LogP contribution in [0.1, 0.15) is 53.6 Å². The molecule has 3 aromatic carbocycles. The zero-order valence-electron chi connectivity index (χ0n) is 20.7. The summed E-state index contributed by atoms with van der Waals surface area (Å²) in [5.74, 6) is -0.219. The molecule has 37 heavy (non-hydrogen) atoms. The monoisotopic (exact) mass is 495 g/mol. The third-order valence-electron chi connectivity index (χ3n) is 7.31. The standard InChI is InChI=1S/C31H30FN3O2/c32-23-10-16-28-27(18-23)26(30(34-28)21-4-2-1-3-5-21)15-17-29(36)35(25-13-14-25)19-20-6-8-22(9-7-20)31(37)33-24-11-12-24/h1-10,16,18,24-25,34H,11-15,17,19H2,(H,33,37). The van der Waals surface area contributed by atoms with Crippen molar-refractivity contribution in [3.8, 4) is 11.3 Å². The molecule has 2 fully saturated rings. The summed E-state index contributed by atoms with van der Waals surface area (Å²) >= 11 is 0. The molecular weight excluding hydrogens is 465 g/mol. The van der Waals surface area contributed by atoms with E-state index in [0.29, 0.717) is 31.0 Å². The van der Waals surface area contributed by atoms with Gasteiger partial charge in [0.25, 0.3) is 5.91 Å². The molecule has 4 aromatic rings. The average molecular weight is 496 g/mol. The van der Waals surface area contributed by atoms with E-state index in [0.717, 1.165) is 59.0 Å². The van der Waals surface area contributed by atoms with Crippen LogP contribution in [-0.2, 0) is 17.8 Å². The van der Waals surface area contributed by atoms with E-state index in [2.05, 4.69) is 10.3 Å². The topological polar surface area (TPSA) is 65.2 Å². The number of nitrogens with zero attached hydrogens (tertiary/aromatic N) is 1. The first-order valence-electron chi connectivity index (χ1n) is 13.1. The number of aryl methyl sites for hydroxylation is 1. The van der Waals surface area contributed by atoms with Crippen LogP contribution in [-0.4, -0.2) is 33.8 Å². The molecule has 6 rings (SSSR count). The van der Waals surface area contributed by atoms with Crippen molar-refractivity contribution >= 4 is 22.7 Å². The van der Waals surface area contributed by atoms with E-state index in [1.807, 2.05) is 59.5 Å². The molecule has 5 nitrogen and oxygen atoms in total. The summed E-state index contributed by atoms with van der Waals surface area (Å²) in [5.41, 5.74) is 5.46. The summed E-state index contributed by atoms with van der Waals surface area (Å²) in [6.07, 6.45) is 5.02. The molecule has 2 N–H and O–H groups in total. The molecule has 0 spiro atoms. The zero-order valence-corrected chi connectivity index (χ0v) is 20.7. The minimum atomic E-state index is -0.285. The van der Waals surface area contributed by atoms with E-state index >= 15 is 0 Å². The quantitative estimate of drug-likeness (QED) is 0.300. The lowest BCUT2D eigenvalue weighted by atomic mass is 10.0. The Morgan fingerprint density at radius 1 is 0.946 bits per heavy atom. The number of hydrogen-bond donors (Lipinski definition) is 2. The third kappa shape index (κ3) is 5.29. The molecule has 0 saturated heterocycles. The van der Waals surface area contributed by atoms with Crippen molar-refractivity contribution in [3.63, 3.8) is 0 Å². The number of halogens is 1. The van der Waals surface area contributed by atoms with E-state index in [1.165, 1.54) is 6.07 Å². The second-order valence-electron chi connectivity index (χ2n) is 10.2. The maximum Gasteiger partial charge on any atom is 0.251 e. The molecule has 0 radical (unpaired) electrons. The van der Waals surface area contributed by atoms with Crippen molar-refractivity contribution in [2.24, 2.45) is 0 Å². The SMILES string of the molecule is O=C(NC1CC1)c1ccc(CN(C(=O)CCc2c(-c3ccccc3)[nH]c3ccc(F)cc23)C2CC2)cc1. The predicted octanol–water partition coefficient (Wildman–Crippen LogP) is 5.99. The molecule has 2 amide bonds. The molecule has 1 heterocycles. The van der Waals surface area contributed by atoms with Gasteiger partial charge in [0.2, 0.25) is 5.91 Å². The smallest absolute Gasteiger partial charge is 0.251 e. The van der Waals surface area contributed by atoms with Crippen molar-refractivity contribution in [2.75, 3.05) is 0 Å². The number of carbonyl (C=O) groups is 2. The van der Waals surface area contributed by atoms with E-state index in [4.69, 9.17) is 0 Å². The van der Waals surface area contributed by atoms with Gasteiger partial charge in [0, 0.05) is 47.2 Å². The summed E-state index contributed by atoms with van der Waals surface area (Å²) in [6, 6.07) is 22.9. The van der Waals surface area contributed by atoms with Crippen LogP contribution in [0.25, 0.3) is 22.2 Å². The molecular formula is C31H30FN3O2. The zero-order chi connectivity index (χ0) is 25.4. The Balaban J connectivity index is 1.18. The lowest BCUT2D eigenvalue weighted by Gasteiger charge is -2.23. The number of hydrogen-bond acceptors (Lipinski definition) is 2. The van der Waals surface area contributed by atoms with Gasteiger partial charge < -0.3 is 15.2 Å². The van der Waals surface area contributed by atoms with Crippen LogP contribution in [0.15, 0.2) is 72.8 Å². The largest absolute Gasteiger partial charge is 0.354 e. The number of benzene rings is 3. The second kappa shape index (κ2) is 9.85. The number of amides is 2. The first-order valence-corrected chi connectivity index (χ1v) is 13.1. The number of aromatic nitrogens is 1. The number of nitrogens with one attached hydrogen (secondary N) is 2. The lowest BCUT2D eigenvalue weighted by molar-refractivity contribution is -0.132. The highest BCUT2D eigenvalue weighted by atomic mass is 19.1. The van der Waals surface area contributed by atoms with Gasteiger partial charge in [-0.3, -0.25) is 9.59 Å². The number of carbonyl (C=O) groups excluding carboxylic acids is 2. The van der Waals surface area contributed by atoms with Crippen LogP contribution in [0.3, 0.4) is 0 Å². The van der Waals surface area contributed by atoms with Crippen LogP contribution in [0.4, 0.5) is 4.39 Å². The lowest BCUT2D eigenvalue weighted by Crippen LogP contribution is -2.32. The van der Waals surface area contributed by atoms with E-state index in [1.54, 1.807) is 12.1 Å². The molecule has 1 aromatic heterocycles. The highest BCUT2D eigenvalue weighted by Crippen LogP contribution is 2.33. The molecule has 0 unspecified atom stereocenters. The van der Waals surface area contributed by atoms with Crippen molar-refractivity contribution in [1.82, 2.24) is 15.2 Å². The fraction of sp³-hybridized carbons (Fsp3) is 0.290. The summed E-state index contributed by atoms with van der Waals surface area (Å²) < 4.78 is 14.1. The van der Waals surface area contributed by atoms with Crippen molar-refractivity contribution in [3.05, 3.63) is 95.3 Å². The van der Waals surface area contributed by atoms with E-state index in [-0.39, 0.29) is 23.7 Å². The maximum atomic E-state index is 14.1. The summed E-state index contributed by atoms with van der Waals surface area (Å²) in [5, 5.41) is 3.83. The highest BCUT2D eigenvalue weighted by molar-refractivity contribution is 5.94. The Labute approximate surface area is 215 Å². The summed E-state index contributed by atoms with van der Waals surface area (Å²) in [7, 11) is 0. The Kier molecular flexibility index (Phi) is 6.25. The molecule has 6 heteroatoms. The van der Waals surface area contributed by atoms with Gasteiger partial charge in [0.1, 0.15) is 5.82 Å². The molecule has 0 atom stereocenters. The van der Waals surface area contributed by atoms with Gasteiger partial charge in [0.15, 0.2) is 0 Å². The van der Waals surface area contributed by atoms with Crippen LogP contribution >= 0.6 is 0 Å². The Bertz CT molecular complexity index is 1440. The molecule has 0 aliphatic heterocycles. The van der Waals surface area contributed by atoms with Crippen LogP contribution in [0, 0.1) is 5.82 Å². The van der Waals surface area contributed by atoms with Gasteiger partial charge >= 0.3 is 0 Å². The van der Waals surface area contributed by atoms with E-state index < -0.39 is 0 Å². The Morgan fingerprint density at radius 2 is 1.70 bits per heavy atom. The molecule has 2 aliphatic rings. The van der Waals surface area contributed by atoms with Crippen LogP contribution in [0.2, 0.25) is 0 Å². The molecule has 2 aliphatic carbocycles. The normalized spacial score (nSPS) is 15.1. The fourth-order valence-corrected chi connectivity index (χ4v) is 4.97. The van der Waals surface area contributed by atoms with Gasteiger partial charge in [0.05, 0.1) is 0 Å². The second-order valence-corrected chi connectivity index (χ2v) is 10.2. The molecule has 0 bridgehead atoms. The van der Waals surface area contributed by atoms with Gasteiger partial charge in [-0.15, -0.1) is 0 Å². The van der Waals surface area contributed by atoms with Crippen LogP contribution in [0.5, 0.6) is 0 Å². The highest BCUT2D eigenvalue weighted by Gasteiger charge is 2.32. The predicted molar refractivity (Wildman–Crippen MR) is 143 cm³/mol. The van der Waals surface area contributed by atoms with Crippen molar-refractivity contribution in [1.29, 1.82) is 0 Å². The first kappa shape index (κ1) is 23.5. The maximum absolute atomic E-state index is 14.1. The van der Waals surface area contributed by atoms with Gasteiger partial charge in [-0.2, -0.15) is 0 Å². The molecule has 2 saturated carbocycles. The first-order chi connectivity index (χ1) is 18.0. The minimum absolute atomic E-state index is 0.0337. The minimum Gasteiger partial charge on any atom is -0.354 e. The summed E-state index contributed by atoms with van der Waals surface area (Å²) in [4.78, 5) is 31.2. The fourth-order valence-electron chi connectivity index (χ4n) is 4.97. The van der Waals surface area contributed by atoms with Gasteiger partial charge in [-0.05, 0) is 79.1 Å². The Hall–Kier alpha value is -3.93. The number of H-pyrrole nitrogens is 1. The van der Waals surface area contributed by atoms with E-state index in [9.17, 15) is 14.0 Å².